The zero-order valence-corrected chi connectivity index (χ0v) is 16.8. The van der Waals surface area contributed by atoms with Crippen LogP contribution in [0, 0.1) is 5.92 Å². The maximum atomic E-state index is 13.3. The summed E-state index contributed by atoms with van der Waals surface area (Å²) in [6.07, 6.45) is 1.69. The van der Waals surface area contributed by atoms with E-state index in [2.05, 4.69) is 18.8 Å². The molecule has 5 heteroatoms. The smallest absolute Gasteiger partial charge is 0.265 e. The number of imide groups is 1. The molecule has 0 bridgehead atoms. The molecule has 0 radical (unpaired) electrons. The molecule has 0 fully saturated rings. The van der Waals surface area contributed by atoms with Gasteiger partial charge in [0.15, 0.2) is 0 Å². The van der Waals surface area contributed by atoms with Gasteiger partial charge in [0.1, 0.15) is 5.75 Å². The lowest BCUT2D eigenvalue weighted by Gasteiger charge is -2.31. The number of carbonyl (C=O) groups is 2. The van der Waals surface area contributed by atoms with Crippen molar-refractivity contribution in [2.45, 2.75) is 39.7 Å². The minimum absolute atomic E-state index is 0.0940. The van der Waals surface area contributed by atoms with E-state index >= 15 is 0 Å². The standard InChI is InChI=1S/C23H26N2O3/c1-5-28-18-12-10-17(11-13-18)25-22(26)20-9-7-6-8-19(20)21(23(25)27)14-24-16(4)15(2)3/h6-16,21H,5H2,1-4H3/t16-,21-/m1/s1. The molecule has 0 aromatic heterocycles. The van der Waals surface area contributed by atoms with Crippen LogP contribution in [0.25, 0.3) is 0 Å². The van der Waals surface area contributed by atoms with E-state index in [9.17, 15) is 9.59 Å². The highest BCUT2D eigenvalue weighted by molar-refractivity contribution is 6.29. The number of amides is 2. The van der Waals surface area contributed by atoms with Gasteiger partial charge in [0.2, 0.25) is 5.91 Å². The van der Waals surface area contributed by atoms with Gasteiger partial charge in [0.05, 0.1) is 18.2 Å². The molecule has 1 aliphatic heterocycles. The largest absolute Gasteiger partial charge is 0.494 e. The van der Waals surface area contributed by atoms with Gasteiger partial charge < -0.3 is 4.74 Å². The molecule has 0 saturated carbocycles. The second kappa shape index (κ2) is 8.38. The topological polar surface area (TPSA) is 59.0 Å². The number of rotatable bonds is 6. The van der Waals surface area contributed by atoms with E-state index in [0.717, 1.165) is 0 Å². The van der Waals surface area contributed by atoms with Crippen LogP contribution in [0.2, 0.25) is 0 Å². The highest BCUT2D eigenvalue weighted by atomic mass is 16.5. The Morgan fingerprint density at radius 3 is 2.39 bits per heavy atom. The average Bonchev–Trinajstić information content (AvgIpc) is 2.69. The first-order valence-corrected chi connectivity index (χ1v) is 9.67. The molecule has 28 heavy (non-hydrogen) atoms. The summed E-state index contributed by atoms with van der Waals surface area (Å²) in [5.41, 5.74) is 1.77. The van der Waals surface area contributed by atoms with Crippen LogP contribution in [0.1, 0.15) is 49.5 Å². The Balaban J connectivity index is 2.01. The van der Waals surface area contributed by atoms with Crippen molar-refractivity contribution in [1.82, 2.24) is 0 Å². The van der Waals surface area contributed by atoms with E-state index in [1.54, 1.807) is 36.5 Å². The van der Waals surface area contributed by atoms with Gasteiger partial charge in [0, 0.05) is 17.8 Å². The number of hydrogen-bond donors (Lipinski definition) is 0. The van der Waals surface area contributed by atoms with Crippen molar-refractivity contribution in [3.63, 3.8) is 0 Å². The minimum Gasteiger partial charge on any atom is -0.494 e. The molecule has 0 spiro atoms. The van der Waals surface area contributed by atoms with Crippen molar-refractivity contribution in [2.75, 3.05) is 11.5 Å². The van der Waals surface area contributed by atoms with E-state index in [4.69, 9.17) is 4.74 Å². The third-order valence-corrected chi connectivity index (χ3v) is 5.06. The number of anilines is 1. The summed E-state index contributed by atoms with van der Waals surface area (Å²) >= 11 is 0. The van der Waals surface area contributed by atoms with Crippen molar-refractivity contribution in [2.24, 2.45) is 10.9 Å². The average molecular weight is 378 g/mol. The van der Waals surface area contributed by atoms with Crippen LogP contribution >= 0.6 is 0 Å². The normalized spacial score (nSPS) is 17.9. The second-order valence-corrected chi connectivity index (χ2v) is 7.25. The van der Waals surface area contributed by atoms with Crippen molar-refractivity contribution >= 4 is 23.7 Å². The van der Waals surface area contributed by atoms with Crippen molar-refractivity contribution in [1.29, 1.82) is 0 Å². The molecule has 2 amide bonds. The molecule has 1 heterocycles. The second-order valence-electron chi connectivity index (χ2n) is 7.25. The van der Waals surface area contributed by atoms with Gasteiger partial charge in [-0.25, -0.2) is 4.90 Å². The van der Waals surface area contributed by atoms with Gasteiger partial charge in [-0.2, -0.15) is 0 Å². The predicted molar refractivity (Wildman–Crippen MR) is 111 cm³/mol. The van der Waals surface area contributed by atoms with E-state index in [-0.39, 0.29) is 17.9 Å². The molecule has 146 valence electrons. The predicted octanol–water partition coefficient (Wildman–Crippen LogP) is 4.47. The third-order valence-electron chi connectivity index (χ3n) is 5.06. The van der Waals surface area contributed by atoms with Crippen molar-refractivity contribution < 1.29 is 14.3 Å². The summed E-state index contributed by atoms with van der Waals surface area (Å²) in [4.78, 5) is 32.2. The zero-order chi connectivity index (χ0) is 20.3. The zero-order valence-electron chi connectivity index (χ0n) is 16.8. The Kier molecular flexibility index (Phi) is 5.93. The molecular formula is C23H26N2O3. The van der Waals surface area contributed by atoms with Crippen LogP contribution in [0.4, 0.5) is 5.69 Å². The lowest BCUT2D eigenvalue weighted by molar-refractivity contribution is -0.118. The summed E-state index contributed by atoms with van der Waals surface area (Å²) in [6, 6.07) is 14.4. The molecule has 2 aromatic carbocycles. The number of nitrogens with zero attached hydrogens (tertiary/aromatic N) is 2. The summed E-state index contributed by atoms with van der Waals surface area (Å²) < 4.78 is 5.46. The third kappa shape index (κ3) is 3.84. The number of aliphatic imine (C=N–C) groups is 1. The SMILES string of the molecule is CCOc1ccc(N2C(=O)c3ccccc3[C@@H](C=N[C@H](C)C(C)C)C2=O)cc1. The summed E-state index contributed by atoms with van der Waals surface area (Å²) in [7, 11) is 0. The Hall–Kier alpha value is -2.95. The first-order valence-electron chi connectivity index (χ1n) is 9.67. The number of fused-ring (bicyclic) bond motifs is 1. The quantitative estimate of drug-likeness (QED) is 0.550. The highest BCUT2D eigenvalue weighted by Gasteiger charge is 2.38. The molecule has 3 rings (SSSR count). The van der Waals surface area contributed by atoms with Gasteiger partial charge in [-0.3, -0.25) is 14.6 Å². The fraction of sp³-hybridized carbons (Fsp3) is 0.348. The Bertz CT molecular complexity index is 887. The number of hydrogen-bond acceptors (Lipinski definition) is 4. The number of benzene rings is 2. The van der Waals surface area contributed by atoms with Crippen molar-refractivity contribution in [3.8, 4) is 5.75 Å². The lowest BCUT2D eigenvalue weighted by atomic mass is 9.88. The molecular weight excluding hydrogens is 352 g/mol. The number of carbonyl (C=O) groups excluding carboxylic acids is 2. The van der Waals surface area contributed by atoms with Gasteiger partial charge in [0.25, 0.3) is 5.91 Å². The molecule has 2 aromatic rings. The fourth-order valence-electron chi connectivity index (χ4n) is 3.10. The maximum absolute atomic E-state index is 13.3. The molecule has 1 aliphatic rings. The van der Waals surface area contributed by atoms with Crippen LogP contribution in [-0.4, -0.2) is 30.7 Å². The number of ether oxygens (including phenoxy) is 1. The van der Waals surface area contributed by atoms with Gasteiger partial charge in [-0.1, -0.05) is 32.0 Å². The monoisotopic (exact) mass is 378 g/mol. The Morgan fingerprint density at radius 2 is 1.75 bits per heavy atom. The van der Waals surface area contributed by atoms with Gasteiger partial charge in [-0.15, -0.1) is 0 Å². The van der Waals surface area contributed by atoms with Crippen LogP contribution < -0.4 is 9.64 Å². The molecule has 0 N–H and O–H groups in total. The first kappa shape index (κ1) is 19.8. The maximum Gasteiger partial charge on any atom is 0.265 e. The molecule has 5 nitrogen and oxygen atoms in total. The summed E-state index contributed by atoms with van der Waals surface area (Å²) in [5.74, 6) is -0.109. The Labute approximate surface area is 166 Å². The fourth-order valence-corrected chi connectivity index (χ4v) is 3.10. The van der Waals surface area contributed by atoms with Crippen LogP contribution in [0.3, 0.4) is 0 Å². The van der Waals surface area contributed by atoms with Crippen LogP contribution in [-0.2, 0) is 4.79 Å². The Morgan fingerprint density at radius 1 is 1.07 bits per heavy atom. The molecule has 0 saturated heterocycles. The first-order chi connectivity index (χ1) is 13.4. The highest BCUT2D eigenvalue weighted by Crippen LogP contribution is 2.32. The van der Waals surface area contributed by atoms with Gasteiger partial charge in [-0.05, 0) is 55.7 Å². The molecule has 0 unspecified atom stereocenters. The van der Waals surface area contributed by atoms with E-state index < -0.39 is 5.92 Å². The van der Waals surface area contributed by atoms with Crippen molar-refractivity contribution in [3.05, 3.63) is 59.7 Å². The molecule has 2 atom stereocenters. The van der Waals surface area contributed by atoms with Crippen LogP contribution in [0.15, 0.2) is 53.5 Å². The minimum atomic E-state index is -0.582. The van der Waals surface area contributed by atoms with Crippen LogP contribution in [0.5, 0.6) is 5.75 Å². The lowest BCUT2D eigenvalue weighted by Crippen LogP contribution is -2.45. The molecule has 0 aliphatic carbocycles. The van der Waals surface area contributed by atoms with Gasteiger partial charge >= 0.3 is 0 Å². The summed E-state index contributed by atoms with van der Waals surface area (Å²) in [5, 5.41) is 0. The van der Waals surface area contributed by atoms with E-state index in [1.165, 1.54) is 4.90 Å². The van der Waals surface area contributed by atoms with E-state index in [0.29, 0.717) is 35.1 Å². The summed E-state index contributed by atoms with van der Waals surface area (Å²) in [6.45, 7) is 8.67. The van der Waals surface area contributed by atoms with E-state index in [1.807, 2.05) is 32.0 Å².